The lowest BCUT2D eigenvalue weighted by Gasteiger charge is -2.21. The van der Waals surface area contributed by atoms with E-state index in [2.05, 4.69) is 42.0 Å². The number of methoxy groups -OCH3 is 1. The zero-order valence-electron chi connectivity index (χ0n) is 14.8. The first-order chi connectivity index (χ1) is 11.7. The van der Waals surface area contributed by atoms with Gasteiger partial charge in [0.1, 0.15) is 12.4 Å². The molecule has 2 aromatic rings. The summed E-state index contributed by atoms with van der Waals surface area (Å²) in [7, 11) is 1.58. The minimum atomic E-state index is -0.395. The van der Waals surface area contributed by atoms with E-state index in [1.54, 1.807) is 19.2 Å². The van der Waals surface area contributed by atoms with Crippen molar-refractivity contribution >= 4 is 27.5 Å². The second kappa shape index (κ2) is 8.39. The summed E-state index contributed by atoms with van der Waals surface area (Å²) in [4.78, 5) is 0. The fraction of sp³-hybridized carbons (Fsp3) is 0.368. The SMILES string of the molecule is COc1cc(CNC(C)(C)C)cc(Br)c1OCc1c(F)cccc1Cl. The van der Waals surface area contributed by atoms with E-state index in [1.165, 1.54) is 6.07 Å². The second-order valence-electron chi connectivity index (χ2n) is 6.70. The van der Waals surface area contributed by atoms with Crippen molar-refractivity contribution in [2.75, 3.05) is 7.11 Å². The van der Waals surface area contributed by atoms with Gasteiger partial charge in [-0.2, -0.15) is 0 Å². The Hall–Kier alpha value is -1.30. The number of ether oxygens (including phenoxy) is 2. The van der Waals surface area contributed by atoms with Crippen molar-refractivity contribution in [3.05, 3.63) is 56.8 Å². The molecule has 2 aromatic carbocycles. The van der Waals surface area contributed by atoms with Crippen LogP contribution < -0.4 is 14.8 Å². The number of rotatable bonds is 6. The van der Waals surface area contributed by atoms with E-state index in [9.17, 15) is 4.39 Å². The first kappa shape index (κ1) is 20.0. The predicted octanol–water partition coefficient (Wildman–Crippen LogP) is 5.72. The summed E-state index contributed by atoms with van der Waals surface area (Å²) in [6.45, 7) is 7.02. The van der Waals surface area contributed by atoms with E-state index in [0.29, 0.717) is 28.6 Å². The highest BCUT2D eigenvalue weighted by Crippen LogP contribution is 2.37. The number of nitrogens with one attached hydrogen (secondary N) is 1. The maximum atomic E-state index is 13.9. The first-order valence-corrected chi connectivity index (χ1v) is 9.05. The lowest BCUT2D eigenvalue weighted by Crippen LogP contribution is -2.35. The van der Waals surface area contributed by atoms with Crippen LogP contribution in [0.15, 0.2) is 34.8 Å². The van der Waals surface area contributed by atoms with E-state index in [-0.39, 0.29) is 12.1 Å². The predicted molar refractivity (Wildman–Crippen MR) is 103 cm³/mol. The molecule has 0 saturated heterocycles. The molecule has 0 atom stereocenters. The summed E-state index contributed by atoms with van der Waals surface area (Å²) in [6.07, 6.45) is 0. The largest absolute Gasteiger partial charge is 0.493 e. The van der Waals surface area contributed by atoms with Crippen molar-refractivity contribution in [3.63, 3.8) is 0 Å². The van der Waals surface area contributed by atoms with Crippen LogP contribution in [0.1, 0.15) is 31.9 Å². The Morgan fingerprint density at radius 2 is 1.96 bits per heavy atom. The quantitative estimate of drug-likeness (QED) is 0.636. The molecule has 0 spiro atoms. The molecule has 25 heavy (non-hydrogen) atoms. The average Bonchev–Trinajstić information content (AvgIpc) is 2.52. The van der Waals surface area contributed by atoms with E-state index in [4.69, 9.17) is 21.1 Å². The van der Waals surface area contributed by atoms with Gasteiger partial charge in [-0.25, -0.2) is 4.39 Å². The summed E-state index contributed by atoms with van der Waals surface area (Å²) in [5.41, 5.74) is 1.38. The van der Waals surface area contributed by atoms with E-state index >= 15 is 0 Å². The van der Waals surface area contributed by atoms with Gasteiger partial charge in [-0.1, -0.05) is 17.7 Å². The van der Waals surface area contributed by atoms with Crippen LogP contribution in [0.2, 0.25) is 5.02 Å². The van der Waals surface area contributed by atoms with Gasteiger partial charge >= 0.3 is 0 Å². The molecule has 0 aliphatic rings. The highest BCUT2D eigenvalue weighted by Gasteiger charge is 2.16. The van der Waals surface area contributed by atoms with Crippen LogP contribution in [0.25, 0.3) is 0 Å². The third-order valence-electron chi connectivity index (χ3n) is 3.53. The molecular formula is C19H22BrClFNO2. The van der Waals surface area contributed by atoms with E-state index in [1.807, 2.05) is 12.1 Å². The smallest absolute Gasteiger partial charge is 0.175 e. The summed E-state index contributed by atoms with van der Waals surface area (Å²) in [5.74, 6) is 0.697. The molecule has 6 heteroatoms. The van der Waals surface area contributed by atoms with Gasteiger partial charge in [0.2, 0.25) is 0 Å². The zero-order chi connectivity index (χ0) is 18.6. The Labute approximate surface area is 161 Å². The average molecular weight is 431 g/mol. The van der Waals surface area contributed by atoms with Gasteiger partial charge < -0.3 is 14.8 Å². The molecule has 0 saturated carbocycles. The van der Waals surface area contributed by atoms with E-state index in [0.717, 1.165) is 10.0 Å². The third kappa shape index (κ3) is 5.59. The van der Waals surface area contributed by atoms with Crippen LogP contribution in [-0.2, 0) is 13.2 Å². The highest BCUT2D eigenvalue weighted by molar-refractivity contribution is 9.10. The second-order valence-corrected chi connectivity index (χ2v) is 7.96. The van der Waals surface area contributed by atoms with Gasteiger partial charge in [0.15, 0.2) is 11.5 Å². The van der Waals surface area contributed by atoms with Gasteiger partial charge in [0.25, 0.3) is 0 Å². The van der Waals surface area contributed by atoms with Crippen LogP contribution in [0, 0.1) is 5.82 Å². The van der Waals surface area contributed by atoms with Gasteiger partial charge in [-0.15, -0.1) is 0 Å². The van der Waals surface area contributed by atoms with Gasteiger partial charge in [-0.3, -0.25) is 0 Å². The summed E-state index contributed by atoms with van der Waals surface area (Å²) < 4.78 is 25.9. The van der Waals surface area contributed by atoms with Crippen LogP contribution in [0.5, 0.6) is 11.5 Å². The molecule has 0 aromatic heterocycles. The van der Waals surface area contributed by atoms with Gasteiger partial charge in [0.05, 0.1) is 16.6 Å². The summed E-state index contributed by atoms with van der Waals surface area (Å²) in [5, 5.41) is 3.76. The van der Waals surface area contributed by atoms with Crippen molar-refractivity contribution in [2.45, 2.75) is 39.5 Å². The van der Waals surface area contributed by atoms with Crippen molar-refractivity contribution in [1.29, 1.82) is 0 Å². The van der Waals surface area contributed by atoms with Gasteiger partial charge in [-0.05, 0) is 66.5 Å². The van der Waals surface area contributed by atoms with Crippen LogP contribution in [0.3, 0.4) is 0 Å². The third-order valence-corrected chi connectivity index (χ3v) is 4.48. The van der Waals surface area contributed by atoms with Crippen molar-refractivity contribution in [1.82, 2.24) is 5.32 Å². The molecule has 0 fully saturated rings. The fourth-order valence-electron chi connectivity index (χ4n) is 2.20. The molecule has 0 heterocycles. The number of hydrogen-bond acceptors (Lipinski definition) is 3. The minimum Gasteiger partial charge on any atom is -0.493 e. The molecule has 0 aliphatic heterocycles. The number of benzene rings is 2. The molecule has 0 bridgehead atoms. The highest BCUT2D eigenvalue weighted by atomic mass is 79.9. The molecule has 3 nitrogen and oxygen atoms in total. The molecule has 2 rings (SSSR count). The minimum absolute atomic E-state index is 0.0104. The molecular weight excluding hydrogens is 409 g/mol. The van der Waals surface area contributed by atoms with E-state index < -0.39 is 5.82 Å². The molecule has 0 aliphatic carbocycles. The van der Waals surface area contributed by atoms with Crippen molar-refractivity contribution in [2.24, 2.45) is 0 Å². The lowest BCUT2D eigenvalue weighted by molar-refractivity contribution is 0.277. The number of hydrogen-bond donors (Lipinski definition) is 1. The van der Waals surface area contributed by atoms with Crippen LogP contribution in [0.4, 0.5) is 4.39 Å². The Morgan fingerprint density at radius 3 is 2.56 bits per heavy atom. The monoisotopic (exact) mass is 429 g/mol. The Morgan fingerprint density at radius 1 is 1.24 bits per heavy atom. The molecule has 0 amide bonds. The Bertz CT molecular complexity index is 727. The van der Waals surface area contributed by atoms with Crippen LogP contribution in [-0.4, -0.2) is 12.6 Å². The van der Waals surface area contributed by atoms with Crippen molar-refractivity contribution in [3.8, 4) is 11.5 Å². The first-order valence-electron chi connectivity index (χ1n) is 7.88. The van der Waals surface area contributed by atoms with Gasteiger partial charge in [0, 0.05) is 17.6 Å². The van der Waals surface area contributed by atoms with Crippen molar-refractivity contribution < 1.29 is 13.9 Å². The number of halogens is 3. The topological polar surface area (TPSA) is 30.5 Å². The molecule has 0 radical (unpaired) electrons. The Balaban J connectivity index is 2.20. The Kier molecular flexibility index (Phi) is 6.72. The van der Waals surface area contributed by atoms with Crippen LogP contribution >= 0.6 is 27.5 Å². The summed E-state index contributed by atoms with van der Waals surface area (Å²) >= 11 is 9.56. The normalized spacial score (nSPS) is 11.5. The standard InChI is InChI=1S/C19H22BrClFNO2/c1-19(2,3)23-10-12-8-14(20)18(17(9-12)24-4)25-11-13-15(21)6-5-7-16(13)22/h5-9,23H,10-11H2,1-4H3. The maximum absolute atomic E-state index is 13.9. The fourth-order valence-corrected chi connectivity index (χ4v) is 3.02. The maximum Gasteiger partial charge on any atom is 0.175 e. The molecule has 1 N–H and O–H groups in total. The summed E-state index contributed by atoms with van der Waals surface area (Å²) in [6, 6.07) is 8.42. The molecule has 136 valence electrons. The lowest BCUT2D eigenvalue weighted by atomic mass is 10.1. The molecule has 0 unspecified atom stereocenters. The zero-order valence-corrected chi connectivity index (χ0v) is 17.1.